The highest BCUT2D eigenvalue weighted by Gasteiger charge is 2.27. The summed E-state index contributed by atoms with van der Waals surface area (Å²) in [5.74, 6) is -0.195. The number of phosphoric ester groups is 1. The number of amides is 1. The van der Waals surface area contributed by atoms with Gasteiger partial charge in [-0.1, -0.05) is 208 Å². The number of carbonyl (C=O) groups excluding carboxylic acids is 1. The number of nitrogens with one attached hydrogen (secondary N) is 1. The van der Waals surface area contributed by atoms with Gasteiger partial charge in [-0.15, -0.1) is 0 Å². The lowest BCUT2D eigenvalue weighted by Crippen LogP contribution is -2.45. The van der Waals surface area contributed by atoms with Crippen molar-refractivity contribution in [3.63, 3.8) is 0 Å². The number of rotatable bonds is 46. The van der Waals surface area contributed by atoms with Crippen LogP contribution in [-0.2, 0) is 18.4 Å². The zero-order chi connectivity index (χ0) is 47.1. The van der Waals surface area contributed by atoms with E-state index in [0.717, 1.165) is 77.0 Å². The maximum absolute atomic E-state index is 12.9. The maximum Gasteiger partial charge on any atom is 0.472 e. The molecule has 0 bridgehead atoms. The van der Waals surface area contributed by atoms with Crippen LogP contribution in [-0.4, -0.2) is 73.4 Å². The number of allylic oxidation sites excluding steroid dienone is 13. The molecule has 0 aliphatic carbocycles. The van der Waals surface area contributed by atoms with Crippen LogP contribution < -0.4 is 5.32 Å². The van der Waals surface area contributed by atoms with E-state index >= 15 is 0 Å². The highest BCUT2D eigenvalue weighted by molar-refractivity contribution is 7.47. The van der Waals surface area contributed by atoms with Crippen LogP contribution in [0.2, 0.25) is 0 Å². The summed E-state index contributed by atoms with van der Waals surface area (Å²) in [7, 11) is 1.54. The van der Waals surface area contributed by atoms with Crippen LogP contribution in [0.15, 0.2) is 85.1 Å². The first-order valence-corrected chi connectivity index (χ1v) is 27.5. The van der Waals surface area contributed by atoms with Gasteiger partial charge >= 0.3 is 7.82 Å². The van der Waals surface area contributed by atoms with Gasteiger partial charge in [-0.3, -0.25) is 13.8 Å². The zero-order valence-electron chi connectivity index (χ0n) is 42.0. The van der Waals surface area contributed by atoms with Gasteiger partial charge in [-0.05, 0) is 77.0 Å². The minimum Gasteiger partial charge on any atom is -0.387 e. The van der Waals surface area contributed by atoms with E-state index in [4.69, 9.17) is 9.05 Å². The van der Waals surface area contributed by atoms with E-state index in [1.165, 1.54) is 109 Å². The first-order chi connectivity index (χ1) is 31.0. The third kappa shape index (κ3) is 47.6. The number of likely N-dealkylation sites (N-methyl/N-ethyl adjacent to an activating group) is 1. The molecule has 0 saturated heterocycles. The van der Waals surface area contributed by atoms with Gasteiger partial charge in [0.1, 0.15) is 13.2 Å². The minimum absolute atomic E-state index is 0.0510. The van der Waals surface area contributed by atoms with Crippen molar-refractivity contribution in [2.24, 2.45) is 0 Å². The topological polar surface area (TPSA) is 105 Å². The summed E-state index contributed by atoms with van der Waals surface area (Å²) in [4.78, 5) is 23.2. The summed E-state index contributed by atoms with van der Waals surface area (Å²) in [6.45, 7) is 4.59. The molecular weight excluding hydrogens is 816 g/mol. The summed E-state index contributed by atoms with van der Waals surface area (Å²) in [5, 5.41) is 13.8. The van der Waals surface area contributed by atoms with Crippen LogP contribution in [0, 0.1) is 0 Å². The van der Waals surface area contributed by atoms with E-state index < -0.39 is 20.0 Å². The number of unbranched alkanes of at least 4 members (excludes halogenated alkanes) is 21. The molecule has 8 nitrogen and oxygen atoms in total. The van der Waals surface area contributed by atoms with Gasteiger partial charge in [0.2, 0.25) is 5.91 Å². The lowest BCUT2D eigenvalue weighted by molar-refractivity contribution is -0.870. The SMILES string of the molecule is CC/C=C\C/C=C\C/C=C\C/C=C\CCCCCCCCCCCCCCCCCCCCC(=O)NC(COP(=O)(O)OCC[N+](C)(C)C)C(O)/C=C/CC/C=C/CC/C=C/CCC. The fourth-order valence-electron chi connectivity index (χ4n) is 7.01. The Labute approximate surface area is 395 Å². The van der Waals surface area contributed by atoms with E-state index in [1.807, 2.05) is 27.2 Å². The maximum atomic E-state index is 12.9. The molecule has 9 heteroatoms. The average molecular weight is 916 g/mol. The van der Waals surface area contributed by atoms with Crippen molar-refractivity contribution < 1.29 is 32.9 Å². The van der Waals surface area contributed by atoms with Crippen LogP contribution >= 0.6 is 7.82 Å². The molecule has 370 valence electrons. The van der Waals surface area contributed by atoms with Crippen molar-refractivity contribution in [3.8, 4) is 0 Å². The van der Waals surface area contributed by atoms with Gasteiger partial charge < -0.3 is 19.8 Å². The van der Waals surface area contributed by atoms with Crippen molar-refractivity contribution in [1.82, 2.24) is 5.32 Å². The Kier molecular flexibility index (Phi) is 44.2. The molecule has 0 aliphatic rings. The summed E-state index contributed by atoms with van der Waals surface area (Å²) in [5.41, 5.74) is 0. The Bertz CT molecular complexity index is 1310. The van der Waals surface area contributed by atoms with Gasteiger partial charge in [0.05, 0.1) is 39.9 Å². The molecule has 0 radical (unpaired) electrons. The van der Waals surface area contributed by atoms with Gasteiger partial charge in [0.15, 0.2) is 0 Å². The van der Waals surface area contributed by atoms with Crippen LogP contribution in [0.5, 0.6) is 0 Å². The van der Waals surface area contributed by atoms with Crippen molar-refractivity contribution in [2.45, 2.75) is 219 Å². The van der Waals surface area contributed by atoms with E-state index in [2.05, 4.69) is 92.1 Å². The van der Waals surface area contributed by atoms with Crippen molar-refractivity contribution in [1.29, 1.82) is 0 Å². The Morgan fingerprint density at radius 1 is 0.547 bits per heavy atom. The van der Waals surface area contributed by atoms with E-state index in [-0.39, 0.29) is 19.1 Å². The molecule has 1 amide bonds. The number of quaternary nitrogens is 1. The fraction of sp³-hybridized carbons (Fsp3) is 0.727. The van der Waals surface area contributed by atoms with Crippen LogP contribution in [0.25, 0.3) is 0 Å². The molecule has 64 heavy (non-hydrogen) atoms. The Morgan fingerprint density at radius 2 is 0.953 bits per heavy atom. The monoisotopic (exact) mass is 916 g/mol. The Hall–Kier alpha value is -2.32. The van der Waals surface area contributed by atoms with Gasteiger partial charge in [0.25, 0.3) is 0 Å². The molecule has 3 atom stereocenters. The summed E-state index contributed by atoms with van der Waals surface area (Å²) in [6, 6.07) is -0.871. The normalized spacial score (nSPS) is 14.8. The molecule has 0 aromatic rings. The second kappa shape index (κ2) is 45.8. The standard InChI is InChI=1S/C55H99N2O6P/c1-6-8-10-12-14-16-18-19-20-21-22-23-24-25-26-27-28-29-30-31-32-33-34-35-36-37-39-41-43-45-47-49-55(59)56-53(52-63-64(60,61)62-51-50-57(3,4)5)54(58)48-46-44-42-40-38-17-15-13-11-9-7-2/h8,10-11,13-14,16,19-20,22-23,38,40,46,48,53-54,58H,6-7,9,12,15,17-18,21,24-37,39,41-45,47,49-52H2,1-5H3,(H-,56,59,60,61)/p+1/b10-8-,13-11+,16-14-,20-19-,23-22-,40-38+,48-46+. The number of carbonyl (C=O) groups is 1. The van der Waals surface area contributed by atoms with Crippen molar-refractivity contribution >= 4 is 13.7 Å². The van der Waals surface area contributed by atoms with E-state index in [0.29, 0.717) is 17.4 Å². The number of hydrogen-bond acceptors (Lipinski definition) is 5. The Morgan fingerprint density at radius 3 is 1.42 bits per heavy atom. The lowest BCUT2D eigenvalue weighted by Gasteiger charge is -2.25. The highest BCUT2D eigenvalue weighted by Crippen LogP contribution is 2.43. The number of aliphatic hydroxyl groups excluding tert-OH is 1. The summed E-state index contributed by atoms with van der Waals surface area (Å²) >= 11 is 0. The van der Waals surface area contributed by atoms with Crippen LogP contribution in [0.4, 0.5) is 0 Å². The first-order valence-electron chi connectivity index (χ1n) is 26.0. The summed E-state index contributed by atoms with van der Waals surface area (Å²) < 4.78 is 23.5. The van der Waals surface area contributed by atoms with Crippen molar-refractivity contribution in [3.05, 3.63) is 85.1 Å². The fourth-order valence-corrected chi connectivity index (χ4v) is 7.75. The van der Waals surface area contributed by atoms with E-state index in [1.54, 1.807) is 6.08 Å². The predicted octanol–water partition coefficient (Wildman–Crippen LogP) is 15.3. The molecule has 0 aromatic carbocycles. The summed E-state index contributed by atoms with van der Waals surface area (Å²) in [6.07, 6.45) is 64.1. The van der Waals surface area contributed by atoms with Gasteiger partial charge in [-0.25, -0.2) is 4.57 Å². The van der Waals surface area contributed by atoms with Crippen LogP contribution in [0.3, 0.4) is 0 Å². The number of aliphatic hydroxyl groups is 1. The second-order valence-corrected chi connectivity index (χ2v) is 19.9. The third-order valence-corrected chi connectivity index (χ3v) is 12.0. The molecule has 3 unspecified atom stereocenters. The number of phosphoric acid groups is 1. The number of nitrogens with zero attached hydrogens (tertiary/aromatic N) is 1. The largest absolute Gasteiger partial charge is 0.472 e. The van der Waals surface area contributed by atoms with Crippen LogP contribution in [0.1, 0.15) is 206 Å². The minimum atomic E-state index is -4.35. The average Bonchev–Trinajstić information content (AvgIpc) is 3.25. The molecule has 0 aliphatic heterocycles. The first kappa shape index (κ1) is 61.7. The molecule has 0 aromatic heterocycles. The third-order valence-electron chi connectivity index (χ3n) is 11.1. The van der Waals surface area contributed by atoms with Gasteiger partial charge in [0, 0.05) is 6.42 Å². The highest BCUT2D eigenvalue weighted by atomic mass is 31.2. The molecule has 0 rings (SSSR count). The zero-order valence-corrected chi connectivity index (χ0v) is 42.9. The number of hydrogen-bond donors (Lipinski definition) is 3. The molecule has 0 fully saturated rings. The second-order valence-electron chi connectivity index (χ2n) is 18.5. The predicted molar refractivity (Wildman–Crippen MR) is 276 cm³/mol. The molecule has 0 saturated carbocycles. The quantitative estimate of drug-likeness (QED) is 0.0243. The Balaban J connectivity index is 4.07. The van der Waals surface area contributed by atoms with E-state index in [9.17, 15) is 19.4 Å². The lowest BCUT2D eigenvalue weighted by atomic mass is 10.0. The van der Waals surface area contributed by atoms with Gasteiger partial charge in [-0.2, -0.15) is 0 Å². The molecule has 3 N–H and O–H groups in total. The van der Waals surface area contributed by atoms with Crippen molar-refractivity contribution in [2.75, 3.05) is 40.9 Å². The molecular formula is C55H100N2O6P+. The molecule has 0 spiro atoms. The molecule has 0 heterocycles. The smallest absolute Gasteiger partial charge is 0.387 e.